The van der Waals surface area contributed by atoms with Crippen LogP contribution in [0.3, 0.4) is 0 Å². The van der Waals surface area contributed by atoms with Crippen molar-refractivity contribution in [2.75, 3.05) is 18.9 Å². The fraction of sp³-hybridized carbons (Fsp3) is 0.417. The highest BCUT2D eigenvalue weighted by Gasteiger charge is 2.19. The minimum Gasteiger partial charge on any atom is -0.389 e. The van der Waals surface area contributed by atoms with Gasteiger partial charge in [-0.3, -0.25) is 0 Å². The van der Waals surface area contributed by atoms with Gasteiger partial charge in [-0.05, 0) is 32.0 Å². The fourth-order valence-corrected chi connectivity index (χ4v) is 1.91. The number of nitrogens with one attached hydrogen (secondary N) is 1. The van der Waals surface area contributed by atoms with E-state index in [9.17, 15) is 9.90 Å². The van der Waals surface area contributed by atoms with E-state index in [0.717, 1.165) is 0 Å². The number of anilines is 1. The van der Waals surface area contributed by atoms with Gasteiger partial charge >= 0.3 is 6.03 Å². The van der Waals surface area contributed by atoms with Crippen LogP contribution in [-0.2, 0) is 0 Å². The second kappa shape index (κ2) is 5.78. The van der Waals surface area contributed by atoms with Gasteiger partial charge in [-0.15, -0.1) is 0 Å². The lowest BCUT2D eigenvalue weighted by molar-refractivity contribution is 0.0550. The Balaban J connectivity index is 2.70. The Labute approximate surface area is 116 Å². The van der Waals surface area contributed by atoms with Crippen LogP contribution in [-0.4, -0.2) is 35.2 Å². The molecule has 2 amide bonds. The first-order valence-corrected chi connectivity index (χ1v) is 6.14. The van der Waals surface area contributed by atoms with Crippen LogP contribution in [0.1, 0.15) is 13.8 Å². The van der Waals surface area contributed by atoms with E-state index in [1.54, 1.807) is 39.1 Å². The second-order valence-corrected chi connectivity index (χ2v) is 5.57. The van der Waals surface area contributed by atoms with Crippen molar-refractivity contribution >= 4 is 34.9 Å². The van der Waals surface area contributed by atoms with Crippen LogP contribution in [0.15, 0.2) is 18.2 Å². The van der Waals surface area contributed by atoms with Gasteiger partial charge in [0.25, 0.3) is 0 Å². The number of halogens is 2. The molecule has 0 heterocycles. The van der Waals surface area contributed by atoms with E-state index in [0.29, 0.717) is 15.7 Å². The highest BCUT2D eigenvalue weighted by Crippen LogP contribution is 2.25. The molecule has 0 bridgehead atoms. The normalized spacial score (nSPS) is 11.2. The van der Waals surface area contributed by atoms with Crippen molar-refractivity contribution in [2.24, 2.45) is 0 Å². The molecule has 6 heteroatoms. The zero-order chi connectivity index (χ0) is 13.9. The van der Waals surface area contributed by atoms with Gasteiger partial charge in [-0.2, -0.15) is 0 Å². The fourth-order valence-electron chi connectivity index (χ4n) is 1.45. The molecule has 0 radical (unpaired) electrons. The van der Waals surface area contributed by atoms with Crippen LogP contribution >= 0.6 is 23.2 Å². The molecule has 1 aromatic rings. The maximum absolute atomic E-state index is 11.8. The van der Waals surface area contributed by atoms with Gasteiger partial charge in [0.2, 0.25) is 0 Å². The summed E-state index contributed by atoms with van der Waals surface area (Å²) in [5, 5.41) is 13.1. The Bertz CT molecular complexity index is 444. The quantitative estimate of drug-likeness (QED) is 0.898. The van der Waals surface area contributed by atoms with E-state index in [2.05, 4.69) is 5.32 Å². The molecule has 0 aliphatic rings. The third-order valence-corrected chi connectivity index (χ3v) is 2.69. The summed E-state index contributed by atoms with van der Waals surface area (Å²) in [5.41, 5.74) is -0.468. The lowest BCUT2D eigenvalue weighted by Crippen LogP contribution is -2.41. The second-order valence-electron chi connectivity index (χ2n) is 4.72. The van der Waals surface area contributed by atoms with Gasteiger partial charge in [0.1, 0.15) is 0 Å². The Morgan fingerprint density at radius 2 is 2.06 bits per heavy atom. The predicted octanol–water partition coefficient (Wildman–Crippen LogP) is 3.23. The Morgan fingerprint density at radius 3 is 2.56 bits per heavy atom. The number of hydrogen-bond acceptors (Lipinski definition) is 2. The molecule has 0 aliphatic heterocycles. The number of urea groups is 1. The summed E-state index contributed by atoms with van der Waals surface area (Å²) in [6, 6.07) is 4.47. The number of rotatable bonds is 3. The lowest BCUT2D eigenvalue weighted by atomic mass is 10.1. The third-order valence-electron chi connectivity index (χ3n) is 2.14. The molecule has 1 rings (SSSR count). The molecule has 0 unspecified atom stereocenters. The summed E-state index contributed by atoms with van der Waals surface area (Å²) in [7, 11) is 1.59. The third kappa shape index (κ3) is 4.72. The number of carbonyl (C=O) groups excluding carboxylic acids is 1. The van der Waals surface area contributed by atoms with Crippen molar-refractivity contribution in [3.8, 4) is 0 Å². The number of aliphatic hydroxyl groups is 1. The number of nitrogens with zero attached hydrogens (tertiary/aromatic N) is 1. The topological polar surface area (TPSA) is 52.6 Å². The van der Waals surface area contributed by atoms with Gasteiger partial charge in [-0.25, -0.2) is 4.79 Å². The van der Waals surface area contributed by atoms with E-state index in [1.165, 1.54) is 4.90 Å². The maximum atomic E-state index is 11.8. The van der Waals surface area contributed by atoms with Gasteiger partial charge in [0, 0.05) is 12.1 Å². The summed E-state index contributed by atoms with van der Waals surface area (Å²) in [6.45, 7) is 3.47. The summed E-state index contributed by atoms with van der Waals surface area (Å²) < 4.78 is 0. The number of likely N-dealkylation sites (N-methyl/N-ethyl adjacent to an activating group) is 1. The smallest absolute Gasteiger partial charge is 0.321 e. The van der Waals surface area contributed by atoms with Gasteiger partial charge in [-0.1, -0.05) is 23.2 Å². The lowest BCUT2D eigenvalue weighted by Gasteiger charge is -2.25. The first-order valence-electron chi connectivity index (χ1n) is 5.38. The molecule has 2 N–H and O–H groups in total. The van der Waals surface area contributed by atoms with Crippen molar-refractivity contribution in [1.82, 2.24) is 4.90 Å². The first kappa shape index (κ1) is 15.1. The monoisotopic (exact) mass is 290 g/mol. The van der Waals surface area contributed by atoms with Gasteiger partial charge in [0.05, 0.1) is 22.9 Å². The zero-order valence-corrected chi connectivity index (χ0v) is 12.0. The summed E-state index contributed by atoms with van der Waals surface area (Å²) in [6.07, 6.45) is 0. The number of benzene rings is 1. The Hall–Kier alpha value is -0.970. The molecule has 18 heavy (non-hydrogen) atoms. The van der Waals surface area contributed by atoms with Crippen molar-refractivity contribution < 1.29 is 9.90 Å². The summed E-state index contributed by atoms with van der Waals surface area (Å²) >= 11 is 11.7. The van der Waals surface area contributed by atoms with E-state index in [4.69, 9.17) is 23.2 Å². The molecular weight excluding hydrogens is 275 g/mol. The highest BCUT2D eigenvalue weighted by molar-refractivity contribution is 6.36. The average Bonchev–Trinajstić information content (AvgIpc) is 2.19. The largest absolute Gasteiger partial charge is 0.389 e. The van der Waals surface area contributed by atoms with E-state index >= 15 is 0 Å². The molecule has 0 aliphatic carbocycles. The first-order chi connectivity index (χ1) is 8.19. The van der Waals surface area contributed by atoms with Crippen molar-refractivity contribution in [3.05, 3.63) is 28.2 Å². The van der Waals surface area contributed by atoms with E-state index in [-0.39, 0.29) is 12.6 Å². The van der Waals surface area contributed by atoms with Crippen LogP contribution in [0, 0.1) is 0 Å². The number of amides is 2. The predicted molar refractivity (Wildman–Crippen MR) is 74.4 cm³/mol. The minimum atomic E-state index is -0.949. The molecule has 0 aromatic heterocycles. The molecule has 0 fully saturated rings. The molecule has 0 spiro atoms. The molecule has 1 aromatic carbocycles. The molecule has 0 saturated heterocycles. The van der Waals surface area contributed by atoms with Crippen LogP contribution in [0.4, 0.5) is 10.5 Å². The molecule has 100 valence electrons. The molecule has 0 atom stereocenters. The van der Waals surface area contributed by atoms with Crippen LogP contribution < -0.4 is 5.32 Å². The van der Waals surface area contributed by atoms with Gasteiger partial charge in [0.15, 0.2) is 0 Å². The highest BCUT2D eigenvalue weighted by atomic mass is 35.5. The summed E-state index contributed by atoms with van der Waals surface area (Å²) in [5.74, 6) is 0. The Kier molecular flexibility index (Phi) is 4.85. The van der Waals surface area contributed by atoms with Crippen LogP contribution in [0.2, 0.25) is 10.0 Å². The average molecular weight is 291 g/mol. The zero-order valence-electron chi connectivity index (χ0n) is 10.5. The van der Waals surface area contributed by atoms with Crippen LogP contribution in [0.5, 0.6) is 0 Å². The molecule has 4 nitrogen and oxygen atoms in total. The van der Waals surface area contributed by atoms with Gasteiger partial charge < -0.3 is 15.3 Å². The summed E-state index contributed by atoms with van der Waals surface area (Å²) in [4.78, 5) is 13.2. The maximum Gasteiger partial charge on any atom is 0.321 e. The number of carbonyl (C=O) groups is 1. The van der Waals surface area contributed by atoms with E-state index < -0.39 is 5.60 Å². The standard InChI is InChI=1S/C12H16Cl2N2O2/c1-12(2,18)7-16(3)11(17)15-10-5-4-8(13)6-9(10)14/h4-6,18H,7H2,1-3H3,(H,15,17). The Morgan fingerprint density at radius 1 is 1.44 bits per heavy atom. The van der Waals surface area contributed by atoms with Crippen molar-refractivity contribution in [1.29, 1.82) is 0 Å². The van der Waals surface area contributed by atoms with E-state index in [1.807, 2.05) is 0 Å². The van der Waals surface area contributed by atoms with Crippen molar-refractivity contribution in [2.45, 2.75) is 19.4 Å². The number of hydrogen-bond donors (Lipinski definition) is 2. The SMILES string of the molecule is CN(CC(C)(C)O)C(=O)Nc1ccc(Cl)cc1Cl. The molecular formula is C12H16Cl2N2O2. The molecule has 0 saturated carbocycles. The van der Waals surface area contributed by atoms with Crippen LogP contribution in [0.25, 0.3) is 0 Å². The van der Waals surface area contributed by atoms with Crippen molar-refractivity contribution in [3.63, 3.8) is 0 Å². The minimum absolute atomic E-state index is 0.212.